The van der Waals surface area contributed by atoms with Gasteiger partial charge in [0, 0.05) is 38.6 Å². The summed E-state index contributed by atoms with van der Waals surface area (Å²) in [6, 6.07) is 10.4. The van der Waals surface area contributed by atoms with E-state index < -0.39 is 0 Å². The number of nitrogens with zero attached hydrogens (tertiary/aromatic N) is 2. The highest BCUT2D eigenvalue weighted by molar-refractivity contribution is 5.81. The van der Waals surface area contributed by atoms with Crippen LogP contribution in [0.25, 0.3) is 0 Å². The molecule has 1 saturated carbocycles. The molecule has 28 heavy (non-hydrogen) atoms. The van der Waals surface area contributed by atoms with Crippen molar-refractivity contribution in [1.82, 2.24) is 15.5 Å². The highest BCUT2D eigenvalue weighted by Gasteiger charge is 2.31. The summed E-state index contributed by atoms with van der Waals surface area (Å²) in [4.78, 5) is 19.0. The number of hydrogen-bond donors (Lipinski definition) is 2. The number of likely N-dealkylation sites (tertiary alicyclic amines) is 1. The summed E-state index contributed by atoms with van der Waals surface area (Å²) in [5.74, 6) is 1.40. The molecule has 0 spiro atoms. The molecule has 1 heterocycles. The first-order chi connectivity index (χ1) is 13.8. The Balaban J connectivity index is 1.33. The lowest BCUT2D eigenvalue weighted by Crippen LogP contribution is -2.46. The van der Waals surface area contributed by atoms with Crippen LogP contribution in [-0.2, 0) is 16.1 Å². The second-order valence-electron chi connectivity index (χ2n) is 7.79. The molecule has 1 aliphatic heterocycles. The molecule has 6 nitrogen and oxygen atoms in total. The smallest absolute Gasteiger partial charge is 0.225 e. The van der Waals surface area contributed by atoms with Gasteiger partial charge in [0.05, 0.1) is 13.2 Å². The molecule has 6 heteroatoms. The molecular formula is C22H34N4O2. The molecule has 0 aromatic heterocycles. The van der Waals surface area contributed by atoms with E-state index in [0.717, 1.165) is 38.3 Å². The van der Waals surface area contributed by atoms with Crippen LogP contribution in [0.2, 0.25) is 0 Å². The lowest BCUT2D eigenvalue weighted by molar-refractivity contribution is -0.135. The molecular weight excluding hydrogens is 352 g/mol. The third-order valence-corrected chi connectivity index (χ3v) is 5.67. The number of amides is 1. The summed E-state index contributed by atoms with van der Waals surface area (Å²) in [7, 11) is 1.78. The molecule has 1 atom stereocenters. The van der Waals surface area contributed by atoms with Gasteiger partial charge in [-0.25, -0.2) is 0 Å². The Bertz CT molecular complexity index is 629. The second-order valence-corrected chi connectivity index (χ2v) is 7.79. The van der Waals surface area contributed by atoms with Gasteiger partial charge in [0.1, 0.15) is 0 Å². The Hall–Kier alpha value is -2.08. The maximum atomic E-state index is 12.7. The zero-order chi connectivity index (χ0) is 19.6. The monoisotopic (exact) mass is 386 g/mol. The van der Waals surface area contributed by atoms with Gasteiger partial charge in [-0.15, -0.1) is 0 Å². The zero-order valence-corrected chi connectivity index (χ0v) is 17.0. The number of guanidine groups is 1. The average molecular weight is 387 g/mol. The van der Waals surface area contributed by atoms with Crippen molar-refractivity contribution in [2.24, 2.45) is 10.9 Å². The van der Waals surface area contributed by atoms with Crippen molar-refractivity contribution in [3.63, 3.8) is 0 Å². The molecule has 1 aromatic carbocycles. The Kier molecular flexibility index (Phi) is 8.15. The SMILES string of the molecule is CN=C(NCCOCc1ccccc1)NC1CCN(C(=O)C2CCCCC2)C1. The van der Waals surface area contributed by atoms with E-state index in [-0.39, 0.29) is 12.0 Å². The predicted molar refractivity (Wildman–Crippen MR) is 112 cm³/mol. The largest absolute Gasteiger partial charge is 0.375 e. The van der Waals surface area contributed by atoms with E-state index in [9.17, 15) is 4.79 Å². The Morgan fingerprint density at radius 2 is 1.96 bits per heavy atom. The lowest BCUT2D eigenvalue weighted by Gasteiger charge is -2.26. The van der Waals surface area contributed by atoms with Crippen molar-refractivity contribution in [1.29, 1.82) is 0 Å². The van der Waals surface area contributed by atoms with Crippen LogP contribution in [0.3, 0.4) is 0 Å². The molecule has 1 aliphatic carbocycles. The number of aliphatic imine (C=N–C) groups is 1. The van der Waals surface area contributed by atoms with Crippen molar-refractivity contribution < 1.29 is 9.53 Å². The van der Waals surface area contributed by atoms with Gasteiger partial charge < -0.3 is 20.3 Å². The molecule has 1 aromatic rings. The van der Waals surface area contributed by atoms with E-state index in [1.807, 2.05) is 23.1 Å². The number of nitrogens with one attached hydrogen (secondary N) is 2. The van der Waals surface area contributed by atoms with Crippen LogP contribution < -0.4 is 10.6 Å². The molecule has 0 radical (unpaired) electrons. The van der Waals surface area contributed by atoms with Gasteiger partial charge >= 0.3 is 0 Å². The normalized spacial score (nSPS) is 21.0. The van der Waals surface area contributed by atoms with Crippen molar-refractivity contribution in [3.8, 4) is 0 Å². The molecule has 2 N–H and O–H groups in total. The Morgan fingerprint density at radius 3 is 2.71 bits per heavy atom. The summed E-state index contributed by atoms with van der Waals surface area (Å²) in [5, 5.41) is 6.75. The number of carbonyl (C=O) groups excluding carboxylic acids is 1. The number of ether oxygens (including phenoxy) is 1. The topological polar surface area (TPSA) is 66.0 Å². The molecule has 2 fully saturated rings. The maximum Gasteiger partial charge on any atom is 0.225 e. The van der Waals surface area contributed by atoms with Crippen LogP contribution in [0.5, 0.6) is 0 Å². The quantitative estimate of drug-likeness (QED) is 0.429. The molecule has 1 saturated heterocycles. The first kappa shape index (κ1) is 20.6. The van der Waals surface area contributed by atoms with Gasteiger partial charge in [-0.1, -0.05) is 49.6 Å². The molecule has 1 amide bonds. The number of hydrogen-bond acceptors (Lipinski definition) is 3. The molecule has 0 bridgehead atoms. The third-order valence-electron chi connectivity index (χ3n) is 5.67. The first-order valence-corrected chi connectivity index (χ1v) is 10.6. The fourth-order valence-electron chi connectivity index (χ4n) is 4.08. The van der Waals surface area contributed by atoms with Gasteiger partial charge in [0.2, 0.25) is 5.91 Å². The highest BCUT2D eigenvalue weighted by Crippen LogP contribution is 2.26. The Morgan fingerprint density at radius 1 is 1.18 bits per heavy atom. The predicted octanol–water partition coefficient (Wildman–Crippen LogP) is 2.55. The minimum absolute atomic E-state index is 0.256. The standard InChI is InChI=1S/C22H34N4O2/c1-23-22(24-13-15-28-17-18-8-4-2-5-9-18)25-20-12-14-26(16-20)21(27)19-10-6-3-7-11-19/h2,4-5,8-9,19-20H,3,6-7,10-17H2,1H3,(H2,23,24,25). The van der Waals surface area contributed by atoms with Gasteiger partial charge in [-0.3, -0.25) is 9.79 Å². The van der Waals surface area contributed by atoms with Crippen molar-refractivity contribution in [2.45, 2.75) is 51.2 Å². The lowest BCUT2D eigenvalue weighted by atomic mass is 9.88. The minimum Gasteiger partial charge on any atom is -0.375 e. The molecule has 1 unspecified atom stereocenters. The maximum absolute atomic E-state index is 12.7. The van der Waals surface area contributed by atoms with Crippen molar-refractivity contribution >= 4 is 11.9 Å². The zero-order valence-electron chi connectivity index (χ0n) is 17.0. The van der Waals surface area contributed by atoms with Crippen LogP contribution in [0, 0.1) is 5.92 Å². The van der Waals surface area contributed by atoms with Crippen molar-refractivity contribution in [2.75, 3.05) is 33.3 Å². The van der Waals surface area contributed by atoms with E-state index >= 15 is 0 Å². The van der Waals surface area contributed by atoms with Crippen LogP contribution in [0.4, 0.5) is 0 Å². The van der Waals surface area contributed by atoms with Crippen molar-refractivity contribution in [3.05, 3.63) is 35.9 Å². The number of rotatable bonds is 7. The molecule has 154 valence electrons. The molecule has 3 rings (SSSR count). The van der Waals surface area contributed by atoms with E-state index in [1.54, 1.807) is 7.05 Å². The summed E-state index contributed by atoms with van der Waals surface area (Å²) in [6.07, 6.45) is 6.80. The average Bonchev–Trinajstić information content (AvgIpc) is 3.22. The van der Waals surface area contributed by atoms with E-state index in [1.165, 1.54) is 24.8 Å². The fourth-order valence-corrected chi connectivity index (χ4v) is 4.08. The van der Waals surface area contributed by atoms with Crippen LogP contribution in [-0.4, -0.2) is 56.1 Å². The molecule has 2 aliphatic rings. The summed E-state index contributed by atoms with van der Waals surface area (Å²) in [6.45, 7) is 3.57. The number of benzene rings is 1. The number of carbonyl (C=O) groups is 1. The first-order valence-electron chi connectivity index (χ1n) is 10.6. The third kappa shape index (κ3) is 6.23. The van der Waals surface area contributed by atoms with E-state index in [2.05, 4.69) is 27.8 Å². The Labute approximate surface area is 168 Å². The minimum atomic E-state index is 0.256. The van der Waals surface area contributed by atoms with E-state index in [4.69, 9.17) is 4.74 Å². The van der Waals surface area contributed by atoms with Gasteiger partial charge in [-0.2, -0.15) is 0 Å². The van der Waals surface area contributed by atoms with Crippen LogP contribution in [0.1, 0.15) is 44.1 Å². The van der Waals surface area contributed by atoms with Crippen LogP contribution in [0.15, 0.2) is 35.3 Å². The van der Waals surface area contributed by atoms with Gasteiger partial charge in [0.25, 0.3) is 0 Å². The summed E-state index contributed by atoms with van der Waals surface area (Å²) >= 11 is 0. The van der Waals surface area contributed by atoms with Crippen LogP contribution >= 0.6 is 0 Å². The second kappa shape index (κ2) is 11.1. The summed E-state index contributed by atoms with van der Waals surface area (Å²) in [5.41, 5.74) is 1.18. The van der Waals surface area contributed by atoms with Gasteiger partial charge in [0.15, 0.2) is 5.96 Å². The van der Waals surface area contributed by atoms with Gasteiger partial charge in [-0.05, 0) is 24.8 Å². The fraction of sp³-hybridized carbons (Fsp3) is 0.636. The highest BCUT2D eigenvalue weighted by atomic mass is 16.5. The van der Waals surface area contributed by atoms with E-state index in [0.29, 0.717) is 25.7 Å². The summed E-state index contributed by atoms with van der Waals surface area (Å²) < 4.78 is 5.70.